The lowest BCUT2D eigenvalue weighted by Crippen LogP contribution is -2.54. The highest BCUT2D eigenvalue weighted by atomic mass is 16.2. The zero-order valence-corrected chi connectivity index (χ0v) is 15.0. The molecular weight excluding hydrogens is 312 g/mol. The van der Waals surface area contributed by atoms with E-state index in [1.165, 1.54) is 37.7 Å². The van der Waals surface area contributed by atoms with E-state index in [4.69, 9.17) is 0 Å². The first kappa shape index (κ1) is 17.0. The minimum Gasteiger partial charge on any atom is -0.339 e. The summed E-state index contributed by atoms with van der Waals surface area (Å²) in [5.41, 5.74) is 8.07. The molecule has 1 aliphatic carbocycles. The van der Waals surface area contributed by atoms with Crippen LogP contribution >= 0.6 is 0 Å². The van der Waals surface area contributed by atoms with Crippen LogP contribution in [0.4, 0.5) is 0 Å². The Balaban J connectivity index is 1.30. The van der Waals surface area contributed by atoms with Crippen LogP contribution in [0.1, 0.15) is 37.7 Å². The number of carbonyl (C=O) groups excluding carboxylic acids is 1. The Morgan fingerprint density at radius 2 is 1.72 bits per heavy atom. The number of hydrazine groups is 1. The molecule has 5 heteroatoms. The largest absolute Gasteiger partial charge is 0.339 e. The SMILES string of the molecule is O=C(C1NNC2CCCCCC21)N1CCN(Cc2ccccc2)CC1. The topological polar surface area (TPSA) is 47.6 Å². The summed E-state index contributed by atoms with van der Waals surface area (Å²) in [7, 11) is 0. The molecule has 3 atom stereocenters. The summed E-state index contributed by atoms with van der Waals surface area (Å²) in [5.74, 6) is 0.776. The lowest BCUT2D eigenvalue weighted by atomic mass is 9.89. The minimum atomic E-state index is -0.0243. The van der Waals surface area contributed by atoms with Crippen molar-refractivity contribution in [2.75, 3.05) is 26.2 Å². The van der Waals surface area contributed by atoms with Gasteiger partial charge in [-0.1, -0.05) is 49.6 Å². The molecule has 1 saturated carbocycles. The van der Waals surface area contributed by atoms with Gasteiger partial charge in [-0.05, 0) is 18.4 Å². The van der Waals surface area contributed by atoms with Crippen molar-refractivity contribution < 1.29 is 4.79 Å². The van der Waals surface area contributed by atoms with Gasteiger partial charge < -0.3 is 4.90 Å². The zero-order chi connectivity index (χ0) is 17.1. The fraction of sp³-hybridized carbons (Fsp3) is 0.650. The zero-order valence-electron chi connectivity index (χ0n) is 15.0. The molecule has 0 aromatic heterocycles. The molecule has 2 saturated heterocycles. The molecule has 25 heavy (non-hydrogen) atoms. The van der Waals surface area contributed by atoms with Gasteiger partial charge in [-0.15, -0.1) is 0 Å². The molecule has 2 aliphatic heterocycles. The lowest BCUT2D eigenvalue weighted by molar-refractivity contribution is -0.136. The van der Waals surface area contributed by atoms with Crippen LogP contribution in [0.15, 0.2) is 30.3 Å². The summed E-state index contributed by atoms with van der Waals surface area (Å²) in [6.45, 7) is 4.61. The third-order valence-electron chi connectivity index (χ3n) is 6.12. The fourth-order valence-electron chi connectivity index (χ4n) is 4.63. The van der Waals surface area contributed by atoms with Crippen molar-refractivity contribution in [3.8, 4) is 0 Å². The number of hydrogen-bond acceptors (Lipinski definition) is 4. The highest BCUT2D eigenvalue weighted by Crippen LogP contribution is 2.30. The van der Waals surface area contributed by atoms with E-state index in [9.17, 15) is 4.79 Å². The first-order valence-corrected chi connectivity index (χ1v) is 9.87. The monoisotopic (exact) mass is 342 g/mol. The standard InChI is InChI=1S/C20H30N4O/c25-20(19-17-9-5-2-6-10-18(17)21-22-19)24-13-11-23(12-14-24)15-16-7-3-1-4-8-16/h1,3-4,7-8,17-19,21-22H,2,5-6,9-15H2. The Morgan fingerprint density at radius 1 is 0.960 bits per heavy atom. The summed E-state index contributed by atoms with van der Waals surface area (Å²) in [6.07, 6.45) is 6.24. The molecule has 3 fully saturated rings. The molecule has 1 aromatic carbocycles. The fourth-order valence-corrected chi connectivity index (χ4v) is 4.63. The molecule has 2 N–H and O–H groups in total. The highest BCUT2D eigenvalue weighted by molar-refractivity contribution is 5.82. The van der Waals surface area contributed by atoms with Crippen LogP contribution in [0.3, 0.4) is 0 Å². The van der Waals surface area contributed by atoms with Crippen LogP contribution in [0.25, 0.3) is 0 Å². The van der Waals surface area contributed by atoms with Crippen molar-refractivity contribution in [2.45, 2.75) is 50.7 Å². The van der Waals surface area contributed by atoms with E-state index in [1.54, 1.807) is 0 Å². The van der Waals surface area contributed by atoms with E-state index < -0.39 is 0 Å². The molecule has 1 amide bonds. The Labute approximate surface area is 150 Å². The van der Waals surface area contributed by atoms with Gasteiger partial charge >= 0.3 is 0 Å². The number of nitrogens with one attached hydrogen (secondary N) is 2. The molecule has 1 aromatic rings. The van der Waals surface area contributed by atoms with Gasteiger partial charge in [0.25, 0.3) is 0 Å². The van der Waals surface area contributed by atoms with Crippen molar-refractivity contribution in [1.82, 2.24) is 20.7 Å². The first-order chi connectivity index (χ1) is 12.3. The Hall–Kier alpha value is -1.43. The van der Waals surface area contributed by atoms with Crippen molar-refractivity contribution in [3.63, 3.8) is 0 Å². The predicted octanol–water partition coefficient (Wildman–Crippen LogP) is 1.76. The average Bonchev–Trinajstić information content (AvgIpc) is 2.91. The molecule has 136 valence electrons. The number of fused-ring (bicyclic) bond motifs is 1. The quantitative estimate of drug-likeness (QED) is 0.879. The van der Waals surface area contributed by atoms with E-state index in [0.717, 1.165) is 32.7 Å². The maximum Gasteiger partial charge on any atom is 0.241 e. The van der Waals surface area contributed by atoms with Crippen LogP contribution in [0.5, 0.6) is 0 Å². The van der Waals surface area contributed by atoms with Gasteiger partial charge in [0.05, 0.1) is 0 Å². The molecule has 0 bridgehead atoms. The number of piperazine rings is 1. The van der Waals surface area contributed by atoms with Crippen LogP contribution in [-0.4, -0.2) is 54.0 Å². The second-order valence-electron chi connectivity index (χ2n) is 7.76. The highest BCUT2D eigenvalue weighted by Gasteiger charge is 2.42. The van der Waals surface area contributed by atoms with Gasteiger partial charge in [-0.25, -0.2) is 5.43 Å². The number of amides is 1. The van der Waals surface area contributed by atoms with Gasteiger partial charge in [-0.2, -0.15) is 0 Å². The number of rotatable bonds is 3. The lowest BCUT2D eigenvalue weighted by Gasteiger charge is -2.36. The van der Waals surface area contributed by atoms with Gasteiger partial charge in [0.15, 0.2) is 0 Å². The minimum absolute atomic E-state index is 0.0243. The van der Waals surface area contributed by atoms with E-state index in [1.807, 2.05) is 0 Å². The van der Waals surface area contributed by atoms with Crippen LogP contribution in [-0.2, 0) is 11.3 Å². The van der Waals surface area contributed by atoms with Gasteiger partial charge in [0.2, 0.25) is 5.91 Å². The number of hydrogen-bond donors (Lipinski definition) is 2. The van der Waals surface area contributed by atoms with Crippen molar-refractivity contribution in [2.24, 2.45) is 5.92 Å². The van der Waals surface area contributed by atoms with Crippen molar-refractivity contribution >= 4 is 5.91 Å². The molecule has 5 nitrogen and oxygen atoms in total. The summed E-state index contributed by atoms with van der Waals surface area (Å²) < 4.78 is 0. The predicted molar refractivity (Wildman–Crippen MR) is 98.7 cm³/mol. The Kier molecular flexibility index (Phi) is 5.34. The van der Waals surface area contributed by atoms with Gasteiger partial charge in [-0.3, -0.25) is 15.1 Å². The second kappa shape index (κ2) is 7.85. The molecular formula is C20H30N4O. The normalized spacial score (nSPS) is 30.7. The van der Waals surface area contributed by atoms with Gasteiger partial charge in [0.1, 0.15) is 6.04 Å². The first-order valence-electron chi connectivity index (χ1n) is 9.87. The third kappa shape index (κ3) is 3.89. The summed E-state index contributed by atoms with van der Waals surface area (Å²) in [6, 6.07) is 11.1. The molecule has 0 spiro atoms. The van der Waals surface area contributed by atoms with Crippen LogP contribution < -0.4 is 10.9 Å². The van der Waals surface area contributed by atoms with E-state index >= 15 is 0 Å². The summed E-state index contributed by atoms with van der Waals surface area (Å²) >= 11 is 0. The van der Waals surface area contributed by atoms with Crippen molar-refractivity contribution in [1.29, 1.82) is 0 Å². The Bertz CT molecular complexity index is 570. The number of carbonyl (C=O) groups is 1. The average molecular weight is 342 g/mol. The molecule has 4 rings (SSSR count). The molecule has 2 heterocycles. The summed E-state index contributed by atoms with van der Waals surface area (Å²) in [4.78, 5) is 17.6. The van der Waals surface area contributed by atoms with Crippen molar-refractivity contribution in [3.05, 3.63) is 35.9 Å². The smallest absolute Gasteiger partial charge is 0.241 e. The van der Waals surface area contributed by atoms with E-state index in [-0.39, 0.29) is 6.04 Å². The third-order valence-corrected chi connectivity index (χ3v) is 6.12. The molecule has 3 unspecified atom stereocenters. The van der Waals surface area contributed by atoms with E-state index in [0.29, 0.717) is 17.9 Å². The maximum absolute atomic E-state index is 13.0. The second-order valence-corrected chi connectivity index (χ2v) is 7.76. The summed E-state index contributed by atoms with van der Waals surface area (Å²) in [5, 5.41) is 0. The number of nitrogens with zero attached hydrogens (tertiary/aromatic N) is 2. The van der Waals surface area contributed by atoms with E-state index in [2.05, 4.69) is 51.0 Å². The van der Waals surface area contributed by atoms with Gasteiger partial charge in [0, 0.05) is 44.7 Å². The Morgan fingerprint density at radius 3 is 2.52 bits per heavy atom. The molecule has 3 aliphatic rings. The molecule has 0 radical (unpaired) electrons. The van der Waals surface area contributed by atoms with Crippen LogP contribution in [0, 0.1) is 5.92 Å². The maximum atomic E-state index is 13.0. The van der Waals surface area contributed by atoms with Crippen LogP contribution in [0.2, 0.25) is 0 Å². The number of benzene rings is 1.